The summed E-state index contributed by atoms with van der Waals surface area (Å²) in [6.45, 7) is 16.2. The summed E-state index contributed by atoms with van der Waals surface area (Å²) in [6, 6.07) is 23.6. The summed E-state index contributed by atoms with van der Waals surface area (Å²) in [5.74, 6) is 0. The lowest BCUT2D eigenvalue weighted by Crippen LogP contribution is -3.00. The quantitative estimate of drug-likeness (QED) is 0.0464. The van der Waals surface area contributed by atoms with Gasteiger partial charge in [0.2, 0.25) is 0 Å². The largest absolute Gasteiger partial charge is 1.00 e. The Morgan fingerprint density at radius 2 is 0.948 bits per heavy atom. The van der Waals surface area contributed by atoms with Crippen molar-refractivity contribution in [3.8, 4) is 0 Å². The molecule has 5 rings (SSSR count). The standard InChI is InChI=1S/C21H27N2O2.C11H15NO3.C10H14N.C4H9N.2BrH/c1-2-3-12-22-13-10-20(11-14-22)5-4-19-6-8-21(9-7-19)23(15-17-24)16-18-25;13-7-5-12(6-8-14)11-3-1-10(9-15)2-4-11;1-3-4-7-11-8-5-10(2)6-9-11;1-2-4-5-3-1;;/h2,4-11,13-14,24-25H,1,3,12,15-18H2;1-4,9,13-14H,5-8H2;3,5-6,8-9H,1,4,7H2,2H3;5H,1-4H2;2*1H/q+1;;+1;;;/p-2. The molecule has 0 aliphatic carbocycles. The smallest absolute Gasteiger partial charge is 0.169 e. The number of aryl methyl sites for hydroxylation is 3. The number of allylic oxidation sites excluding steroid dienone is 2. The van der Waals surface area contributed by atoms with Gasteiger partial charge in [0.05, 0.1) is 26.4 Å². The Morgan fingerprint density at radius 1 is 0.586 bits per heavy atom. The molecule has 2 aromatic carbocycles. The molecule has 1 fully saturated rings. The van der Waals surface area contributed by atoms with Crippen LogP contribution in [0.5, 0.6) is 0 Å². The Hall–Kier alpha value is -4.01. The van der Waals surface area contributed by atoms with Crippen molar-refractivity contribution in [3.05, 3.63) is 145 Å². The van der Waals surface area contributed by atoms with Crippen LogP contribution in [-0.2, 0) is 13.1 Å². The van der Waals surface area contributed by atoms with Gasteiger partial charge in [-0.25, -0.2) is 9.13 Å². The number of rotatable bonds is 19. The van der Waals surface area contributed by atoms with Gasteiger partial charge in [-0.05, 0) is 85.9 Å². The van der Waals surface area contributed by atoms with Crippen molar-refractivity contribution in [2.45, 2.75) is 45.7 Å². The lowest BCUT2D eigenvalue weighted by atomic mass is 10.1. The summed E-state index contributed by atoms with van der Waals surface area (Å²) in [7, 11) is 0. The van der Waals surface area contributed by atoms with Crippen molar-refractivity contribution in [3.63, 3.8) is 0 Å². The highest BCUT2D eigenvalue weighted by atomic mass is 79.9. The van der Waals surface area contributed by atoms with Gasteiger partial charge in [0.1, 0.15) is 6.29 Å². The number of hydrogen-bond donors (Lipinski definition) is 5. The van der Waals surface area contributed by atoms with Crippen LogP contribution in [0.2, 0.25) is 0 Å². The highest BCUT2D eigenvalue weighted by molar-refractivity contribution is 5.75. The Morgan fingerprint density at radius 3 is 1.28 bits per heavy atom. The lowest BCUT2D eigenvalue weighted by molar-refractivity contribution is -0.696. The Labute approximate surface area is 368 Å². The number of pyridine rings is 2. The number of hydrogen-bond acceptors (Lipinski definition) is 8. The minimum absolute atomic E-state index is 0. The average molecular weight is 928 g/mol. The molecule has 10 nitrogen and oxygen atoms in total. The molecule has 0 bridgehead atoms. The Balaban J connectivity index is 0.000000835. The van der Waals surface area contributed by atoms with Crippen LogP contribution in [0.4, 0.5) is 11.4 Å². The number of nitrogens with one attached hydrogen (secondary N) is 1. The Kier molecular flexibility index (Phi) is 32.6. The monoisotopic (exact) mass is 925 g/mol. The zero-order valence-corrected chi connectivity index (χ0v) is 37.3. The SMILES string of the molecule is C1CCNC1.C=CCC[n+]1ccc(/C=C/c2ccc(N(CCO)CCO)cc2)cc1.C=CCC[n+]1ccc(C)cc1.O=Cc1ccc(N(CCO)CCO)cc1.[Br-].[Br-]. The molecule has 0 unspecified atom stereocenters. The van der Waals surface area contributed by atoms with E-state index < -0.39 is 0 Å². The van der Waals surface area contributed by atoms with Crippen molar-refractivity contribution in [2.24, 2.45) is 0 Å². The lowest BCUT2D eigenvalue weighted by Gasteiger charge is -2.22. The fourth-order valence-corrected chi connectivity index (χ4v) is 5.49. The van der Waals surface area contributed by atoms with Crippen LogP contribution >= 0.6 is 0 Å². The van der Waals surface area contributed by atoms with Crippen LogP contribution in [0, 0.1) is 6.92 Å². The van der Waals surface area contributed by atoms with Gasteiger partial charge in [-0.2, -0.15) is 0 Å². The van der Waals surface area contributed by atoms with Gasteiger partial charge in [-0.15, -0.1) is 13.2 Å². The van der Waals surface area contributed by atoms with E-state index in [4.69, 9.17) is 20.4 Å². The van der Waals surface area contributed by atoms with Crippen molar-refractivity contribution in [2.75, 3.05) is 75.5 Å². The molecular formula is C46H65Br2N5O5. The maximum Gasteiger partial charge on any atom is 0.169 e. The number of aliphatic hydroxyl groups is 4. The first-order chi connectivity index (χ1) is 27.4. The second-order valence-corrected chi connectivity index (χ2v) is 13.1. The van der Waals surface area contributed by atoms with Crippen molar-refractivity contribution < 1.29 is 68.3 Å². The average Bonchev–Trinajstić information content (AvgIpc) is 3.84. The van der Waals surface area contributed by atoms with Crippen LogP contribution in [0.3, 0.4) is 0 Å². The van der Waals surface area contributed by atoms with Crippen LogP contribution < -0.4 is 58.2 Å². The second kappa shape index (κ2) is 35.0. The van der Waals surface area contributed by atoms with E-state index in [9.17, 15) is 4.79 Å². The fraction of sp³-hybridized carbons (Fsp3) is 0.370. The summed E-state index contributed by atoms with van der Waals surface area (Å²) in [5.41, 5.74) is 6.08. The summed E-state index contributed by atoms with van der Waals surface area (Å²) < 4.78 is 4.30. The highest BCUT2D eigenvalue weighted by Crippen LogP contribution is 2.17. The molecule has 58 heavy (non-hydrogen) atoms. The molecule has 2 aromatic heterocycles. The molecule has 1 aliphatic heterocycles. The zero-order chi connectivity index (χ0) is 40.6. The van der Waals surface area contributed by atoms with E-state index in [1.807, 2.05) is 46.2 Å². The van der Waals surface area contributed by atoms with Gasteiger partial charge < -0.3 is 69.5 Å². The predicted octanol–water partition coefficient (Wildman–Crippen LogP) is -0.962. The number of carbonyl (C=O) groups excluding carboxylic acids is 1. The molecule has 318 valence electrons. The molecule has 0 spiro atoms. The summed E-state index contributed by atoms with van der Waals surface area (Å²) in [6.07, 6.45) is 21.9. The second-order valence-electron chi connectivity index (χ2n) is 13.1. The number of anilines is 2. The van der Waals surface area contributed by atoms with Crippen molar-refractivity contribution in [1.29, 1.82) is 0 Å². The van der Waals surface area contributed by atoms with Gasteiger partial charge in [-0.1, -0.05) is 36.4 Å². The summed E-state index contributed by atoms with van der Waals surface area (Å²) >= 11 is 0. The number of benzene rings is 2. The fourth-order valence-electron chi connectivity index (χ4n) is 5.49. The van der Waals surface area contributed by atoms with Gasteiger partial charge >= 0.3 is 0 Å². The van der Waals surface area contributed by atoms with Gasteiger partial charge in [0.15, 0.2) is 37.9 Å². The van der Waals surface area contributed by atoms with E-state index in [1.165, 1.54) is 31.5 Å². The van der Waals surface area contributed by atoms with Gasteiger partial charge in [0.25, 0.3) is 0 Å². The third-order valence-electron chi connectivity index (χ3n) is 8.72. The molecule has 0 atom stereocenters. The maximum absolute atomic E-state index is 10.4. The molecule has 4 aromatic rings. The first-order valence-electron chi connectivity index (χ1n) is 19.5. The zero-order valence-electron chi connectivity index (χ0n) is 34.1. The minimum Gasteiger partial charge on any atom is -1.00 e. The van der Waals surface area contributed by atoms with Crippen molar-refractivity contribution >= 4 is 29.8 Å². The number of aldehydes is 1. The van der Waals surface area contributed by atoms with E-state index in [1.54, 1.807) is 24.3 Å². The number of nitrogens with zero attached hydrogens (tertiary/aromatic N) is 4. The van der Waals surface area contributed by atoms with Gasteiger partial charge in [-0.3, -0.25) is 4.79 Å². The third kappa shape index (κ3) is 23.4. The number of aromatic nitrogens is 2. The maximum atomic E-state index is 10.4. The summed E-state index contributed by atoms with van der Waals surface area (Å²) in [4.78, 5) is 14.3. The highest BCUT2D eigenvalue weighted by Gasteiger charge is 2.06. The van der Waals surface area contributed by atoms with E-state index in [0.717, 1.165) is 54.7 Å². The van der Waals surface area contributed by atoms with E-state index in [-0.39, 0.29) is 60.4 Å². The molecule has 0 amide bonds. The van der Waals surface area contributed by atoms with Crippen LogP contribution in [0.1, 0.15) is 52.7 Å². The van der Waals surface area contributed by atoms with E-state index in [2.05, 4.69) is 95.7 Å². The Bertz CT molecular complexity index is 1620. The third-order valence-corrected chi connectivity index (χ3v) is 8.72. The normalized spacial score (nSPS) is 11.2. The first-order valence-corrected chi connectivity index (χ1v) is 19.5. The molecule has 1 aliphatic rings. The minimum atomic E-state index is 0. The molecule has 0 radical (unpaired) electrons. The molecule has 1 saturated heterocycles. The molecule has 0 saturated carbocycles. The molecule has 3 heterocycles. The van der Waals surface area contributed by atoms with Crippen LogP contribution in [0.15, 0.2) is 123 Å². The molecular weight excluding hydrogens is 862 g/mol. The molecule has 5 N–H and O–H groups in total. The van der Waals surface area contributed by atoms with E-state index >= 15 is 0 Å². The van der Waals surface area contributed by atoms with Crippen molar-refractivity contribution in [1.82, 2.24) is 5.32 Å². The topological polar surface area (TPSA) is 124 Å². The number of halogens is 2. The number of aliphatic hydroxyl groups excluding tert-OH is 4. The van der Waals surface area contributed by atoms with Gasteiger partial charge in [0, 0.05) is 80.2 Å². The molecule has 12 heteroatoms. The van der Waals surface area contributed by atoms with Crippen LogP contribution in [-0.4, -0.2) is 92.4 Å². The van der Waals surface area contributed by atoms with E-state index in [0.29, 0.717) is 31.7 Å². The number of carbonyl (C=O) groups is 1. The predicted molar refractivity (Wildman–Crippen MR) is 230 cm³/mol. The summed E-state index contributed by atoms with van der Waals surface area (Å²) in [5, 5.41) is 39.1. The first kappa shape index (κ1) is 54.0. The van der Waals surface area contributed by atoms with Crippen LogP contribution in [0.25, 0.3) is 12.2 Å².